The SMILES string of the molecule is N/C(=C\C(=C/Cc1ccc(-c2ccc3c4ccccc4c4ccccc4c3c2)c2c1oc1ccccc12)c1ccccc1)c1ccccc1. The van der Waals surface area contributed by atoms with Crippen LogP contribution >= 0.6 is 0 Å². The quantitative estimate of drug-likeness (QED) is 0.147. The molecule has 0 atom stereocenters. The molecule has 0 saturated heterocycles. The summed E-state index contributed by atoms with van der Waals surface area (Å²) in [4.78, 5) is 0. The maximum Gasteiger partial charge on any atom is 0.139 e. The Morgan fingerprint density at radius 3 is 1.73 bits per heavy atom. The first-order chi connectivity index (χ1) is 24.2. The van der Waals surface area contributed by atoms with Crippen molar-refractivity contribution in [3.8, 4) is 11.1 Å². The molecule has 0 saturated carbocycles. The normalized spacial score (nSPS) is 12.5. The maximum absolute atomic E-state index is 6.68. The number of allylic oxidation sites excluding steroid dienone is 3. The number of hydrogen-bond donors (Lipinski definition) is 1. The van der Waals surface area contributed by atoms with Crippen LogP contribution in [0.15, 0.2) is 180 Å². The molecule has 1 heterocycles. The van der Waals surface area contributed by atoms with Gasteiger partial charge in [0.15, 0.2) is 0 Å². The van der Waals surface area contributed by atoms with E-state index in [0.29, 0.717) is 6.42 Å². The first kappa shape index (κ1) is 28.8. The molecule has 2 heteroatoms. The number of hydrogen-bond acceptors (Lipinski definition) is 2. The zero-order valence-electron chi connectivity index (χ0n) is 26.9. The fourth-order valence-electron chi connectivity index (χ4n) is 7.35. The molecule has 0 fully saturated rings. The summed E-state index contributed by atoms with van der Waals surface area (Å²) in [5, 5.41) is 9.91. The average Bonchev–Trinajstić information content (AvgIpc) is 3.57. The predicted octanol–water partition coefficient (Wildman–Crippen LogP) is 12.3. The number of rotatable bonds is 6. The lowest BCUT2D eigenvalue weighted by atomic mass is 9.90. The molecule has 0 spiro atoms. The average molecular weight is 628 g/mol. The van der Waals surface area contributed by atoms with E-state index in [9.17, 15) is 0 Å². The lowest BCUT2D eigenvalue weighted by Gasteiger charge is -2.13. The molecule has 9 rings (SSSR count). The summed E-state index contributed by atoms with van der Waals surface area (Å²) in [5.74, 6) is 0. The van der Waals surface area contributed by atoms with E-state index in [0.717, 1.165) is 49.9 Å². The molecular formula is C47H33NO. The molecule has 0 radical (unpaired) electrons. The van der Waals surface area contributed by atoms with Crippen LogP contribution in [0, 0.1) is 0 Å². The Morgan fingerprint density at radius 2 is 1.06 bits per heavy atom. The summed E-state index contributed by atoms with van der Waals surface area (Å²) in [7, 11) is 0. The van der Waals surface area contributed by atoms with Gasteiger partial charge in [0.2, 0.25) is 0 Å². The first-order valence-corrected chi connectivity index (χ1v) is 16.8. The van der Waals surface area contributed by atoms with E-state index in [1.54, 1.807) is 0 Å². The van der Waals surface area contributed by atoms with Gasteiger partial charge < -0.3 is 10.2 Å². The Balaban J connectivity index is 1.21. The van der Waals surface area contributed by atoms with Gasteiger partial charge in [-0.25, -0.2) is 0 Å². The van der Waals surface area contributed by atoms with Gasteiger partial charge in [0.1, 0.15) is 11.2 Å². The van der Waals surface area contributed by atoms with Crippen molar-refractivity contribution in [2.45, 2.75) is 6.42 Å². The molecule has 0 amide bonds. The third-order valence-corrected chi connectivity index (χ3v) is 9.73. The smallest absolute Gasteiger partial charge is 0.139 e. The van der Waals surface area contributed by atoms with E-state index in [-0.39, 0.29) is 0 Å². The number of para-hydroxylation sites is 1. The van der Waals surface area contributed by atoms with Gasteiger partial charge in [0, 0.05) is 16.5 Å². The van der Waals surface area contributed by atoms with Gasteiger partial charge in [0.05, 0.1) is 0 Å². The monoisotopic (exact) mass is 627 g/mol. The first-order valence-electron chi connectivity index (χ1n) is 16.8. The van der Waals surface area contributed by atoms with Gasteiger partial charge >= 0.3 is 0 Å². The van der Waals surface area contributed by atoms with Crippen LogP contribution < -0.4 is 5.73 Å². The molecule has 49 heavy (non-hydrogen) atoms. The van der Waals surface area contributed by atoms with Crippen LogP contribution in [0.3, 0.4) is 0 Å². The molecule has 8 aromatic carbocycles. The van der Waals surface area contributed by atoms with Crippen molar-refractivity contribution in [1.29, 1.82) is 0 Å². The van der Waals surface area contributed by atoms with Crippen molar-refractivity contribution in [3.05, 3.63) is 193 Å². The molecule has 0 aliphatic heterocycles. The summed E-state index contributed by atoms with van der Waals surface area (Å²) in [5.41, 5.74) is 15.9. The van der Waals surface area contributed by atoms with Crippen LogP contribution in [0.4, 0.5) is 0 Å². The summed E-state index contributed by atoms with van der Waals surface area (Å²) in [6.45, 7) is 0. The van der Waals surface area contributed by atoms with Crippen molar-refractivity contribution in [2.24, 2.45) is 5.73 Å². The van der Waals surface area contributed by atoms with Crippen molar-refractivity contribution in [1.82, 2.24) is 0 Å². The second kappa shape index (κ2) is 12.0. The summed E-state index contributed by atoms with van der Waals surface area (Å²) >= 11 is 0. The summed E-state index contributed by atoms with van der Waals surface area (Å²) in [6.07, 6.45) is 5.03. The van der Waals surface area contributed by atoms with E-state index in [2.05, 4.69) is 133 Å². The predicted molar refractivity (Wildman–Crippen MR) is 208 cm³/mol. The number of benzene rings is 8. The van der Waals surface area contributed by atoms with Gasteiger partial charge in [-0.05, 0) is 90.3 Å². The molecule has 0 unspecified atom stereocenters. The Bertz CT molecular complexity index is 2700. The number of nitrogens with two attached hydrogens (primary N) is 1. The van der Waals surface area contributed by atoms with E-state index in [1.165, 1.54) is 43.4 Å². The highest BCUT2D eigenvalue weighted by molar-refractivity contribution is 6.26. The van der Waals surface area contributed by atoms with E-state index in [1.807, 2.05) is 42.5 Å². The molecule has 0 aliphatic rings. The summed E-state index contributed by atoms with van der Waals surface area (Å²) < 4.78 is 6.68. The zero-order valence-corrected chi connectivity index (χ0v) is 26.9. The van der Waals surface area contributed by atoms with E-state index < -0.39 is 0 Å². The largest absolute Gasteiger partial charge is 0.456 e. The molecule has 0 aliphatic carbocycles. The summed E-state index contributed by atoms with van der Waals surface area (Å²) in [6, 6.07) is 57.9. The van der Waals surface area contributed by atoms with Gasteiger partial charge in [-0.15, -0.1) is 0 Å². The lowest BCUT2D eigenvalue weighted by molar-refractivity contribution is 0.664. The van der Waals surface area contributed by atoms with Gasteiger partial charge in [-0.2, -0.15) is 0 Å². The topological polar surface area (TPSA) is 39.2 Å². The van der Waals surface area contributed by atoms with Crippen molar-refractivity contribution < 1.29 is 4.42 Å². The van der Waals surface area contributed by atoms with Crippen molar-refractivity contribution >= 4 is 65.5 Å². The maximum atomic E-state index is 6.68. The Labute approximate surface area is 285 Å². The highest BCUT2D eigenvalue weighted by atomic mass is 16.3. The molecule has 9 aromatic rings. The van der Waals surface area contributed by atoms with Gasteiger partial charge in [-0.3, -0.25) is 0 Å². The van der Waals surface area contributed by atoms with Crippen LogP contribution in [0.1, 0.15) is 16.7 Å². The second-order valence-electron chi connectivity index (χ2n) is 12.6. The Hall–Kier alpha value is -6.38. The third-order valence-electron chi connectivity index (χ3n) is 9.73. The Kier molecular flexibility index (Phi) is 7.06. The van der Waals surface area contributed by atoms with Gasteiger partial charge in [-0.1, -0.05) is 158 Å². The molecule has 2 nitrogen and oxygen atoms in total. The highest BCUT2D eigenvalue weighted by Crippen LogP contribution is 2.42. The van der Waals surface area contributed by atoms with Crippen LogP contribution in [0.2, 0.25) is 0 Å². The fraction of sp³-hybridized carbons (Fsp3) is 0.0213. The number of fused-ring (bicyclic) bond motifs is 9. The minimum absolute atomic E-state index is 0.688. The minimum Gasteiger partial charge on any atom is -0.456 e. The second-order valence-corrected chi connectivity index (χ2v) is 12.6. The zero-order chi connectivity index (χ0) is 32.7. The lowest BCUT2D eigenvalue weighted by Crippen LogP contribution is -1.97. The standard InChI is InChI=1S/C47H33NO/c48-44(32-15-5-2-6-16-32)30-34(31-13-3-1-4-14-31)24-23-33-25-27-36(46-42-21-11-12-22-45(42)49-47(33)46)35-26-28-41-39-19-8-7-17-37(39)38-18-9-10-20-40(38)43(41)29-35/h1-22,24-30H,23,48H2/b34-24+,44-30-. The Morgan fingerprint density at radius 1 is 0.510 bits per heavy atom. The molecule has 0 bridgehead atoms. The van der Waals surface area contributed by atoms with Crippen LogP contribution in [-0.2, 0) is 6.42 Å². The minimum atomic E-state index is 0.688. The molecule has 1 aromatic heterocycles. The van der Waals surface area contributed by atoms with Crippen LogP contribution in [0.5, 0.6) is 0 Å². The fourth-order valence-corrected chi connectivity index (χ4v) is 7.35. The van der Waals surface area contributed by atoms with Crippen molar-refractivity contribution in [3.63, 3.8) is 0 Å². The van der Waals surface area contributed by atoms with Crippen LogP contribution in [0.25, 0.3) is 76.7 Å². The third kappa shape index (κ3) is 5.06. The van der Waals surface area contributed by atoms with E-state index >= 15 is 0 Å². The van der Waals surface area contributed by atoms with Crippen LogP contribution in [-0.4, -0.2) is 0 Å². The van der Waals surface area contributed by atoms with Gasteiger partial charge in [0.25, 0.3) is 0 Å². The molecule has 232 valence electrons. The molecular weight excluding hydrogens is 595 g/mol. The molecule has 2 N–H and O–H groups in total. The number of furan rings is 1. The highest BCUT2D eigenvalue weighted by Gasteiger charge is 2.17. The van der Waals surface area contributed by atoms with Crippen molar-refractivity contribution in [2.75, 3.05) is 0 Å². The van der Waals surface area contributed by atoms with E-state index in [4.69, 9.17) is 10.2 Å².